The first-order chi connectivity index (χ1) is 18.4. The molecule has 0 radical (unpaired) electrons. The first-order valence-electron chi connectivity index (χ1n) is 13.9. The Hall–Kier alpha value is -3.48. The summed E-state index contributed by atoms with van der Waals surface area (Å²) in [6.07, 6.45) is 7.96. The van der Waals surface area contributed by atoms with E-state index in [1.807, 2.05) is 30.3 Å². The Labute approximate surface area is 226 Å². The summed E-state index contributed by atoms with van der Waals surface area (Å²) in [7, 11) is 0. The van der Waals surface area contributed by atoms with Gasteiger partial charge in [-0.3, -0.25) is 9.59 Å². The maximum atomic E-state index is 13.6. The zero-order valence-electron chi connectivity index (χ0n) is 23.0. The molecule has 0 spiro atoms. The van der Waals surface area contributed by atoms with Gasteiger partial charge in [-0.2, -0.15) is 5.10 Å². The topological polar surface area (TPSA) is 67.2 Å². The molecular weight excluding hydrogens is 479 g/mol. The smallest absolute Gasteiger partial charge is 0.245 e. The van der Waals surface area contributed by atoms with Gasteiger partial charge in [-0.25, -0.2) is 9.07 Å². The zero-order valence-corrected chi connectivity index (χ0v) is 23.0. The van der Waals surface area contributed by atoms with Gasteiger partial charge in [0.2, 0.25) is 11.8 Å². The number of nitrogens with zero attached hydrogens (tertiary/aromatic N) is 3. The largest absolute Gasteiger partial charge is 0.333 e. The van der Waals surface area contributed by atoms with Crippen molar-refractivity contribution in [2.75, 3.05) is 18.4 Å². The van der Waals surface area contributed by atoms with Crippen molar-refractivity contribution >= 4 is 17.6 Å². The Kier molecular flexibility index (Phi) is 11.5. The number of amides is 2. The van der Waals surface area contributed by atoms with E-state index in [2.05, 4.69) is 31.2 Å². The van der Waals surface area contributed by atoms with Gasteiger partial charge >= 0.3 is 0 Å². The van der Waals surface area contributed by atoms with Crippen LogP contribution in [0.5, 0.6) is 0 Å². The monoisotopic (exact) mass is 520 g/mol. The molecule has 7 heteroatoms. The zero-order chi connectivity index (χ0) is 27.3. The first kappa shape index (κ1) is 29.1. The van der Waals surface area contributed by atoms with E-state index >= 15 is 0 Å². The second-order valence-electron chi connectivity index (χ2n) is 10.2. The van der Waals surface area contributed by atoms with Gasteiger partial charge < -0.3 is 10.2 Å². The second kappa shape index (κ2) is 15.1. The normalized spacial score (nSPS) is 11.1. The molecule has 0 fully saturated rings. The number of halogens is 1. The molecule has 204 valence electrons. The average Bonchev–Trinajstić information content (AvgIpc) is 3.32. The van der Waals surface area contributed by atoms with E-state index in [1.54, 1.807) is 27.8 Å². The SMILES string of the molecule is CCCCCCCCC(=O)N(CCC(C)C)CC(=O)Nc1cc(-c2ccccc2)nn1-c1ccc(F)cc1. The number of carbonyl (C=O) groups excluding carboxylic acids is 2. The van der Waals surface area contributed by atoms with Crippen LogP contribution in [0.2, 0.25) is 0 Å². The fourth-order valence-electron chi connectivity index (χ4n) is 4.28. The number of rotatable bonds is 15. The van der Waals surface area contributed by atoms with Crippen LogP contribution in [0.3, 0.4) is 0 Å². The Balaban J connectivity index is 1.73. The standard InChI is InChI=1S/C31H41FN4O2/c1-4-5-6-7-8-12-15-31(38)35(21-20-24(2)3)23-30(37)33-29-22-28(25-13-10-9-11-14-25)34-36(29)27-18-16-26(32)17-19-27/h9-11,13-14,16-19,22,24H,4-8,12,15,20-21,23H2,1-3H3,(H,33,37). The van der Waals surface area contributed by atoms with Gasteiger partial charge in [0.25, 0.3) is 0 Å². The number of benzene rings is 2. The summed E-state index contributed by atoms with van der Waals surface area (Å²) in [5, 5.41) is 7.63. The number of carbonyl (C=O) groups is 2. The summed E-state index contributed by atoms with van der Waals surface area (Å²) >= 11 is 0. The van der Waals surface area contributed by atoms with E-state index in [9.17, 15) is 14.0 Å². The number of nitrogens with one attached hydrogen (secondary N) is 1. The van der Waals surface area contributed by atoms with Gasteiger partial charge in [0.1, 0.15) is 11.6 Å². The fraction of sp³-hybridized carbons (Fsp3) is 0.452. The van der Waals surface area contributed by atoms with E-state index < -0.39 is 0 Å². The van der Waals surface area contributed by atoms with Crippen molar-refractivity contribution < 1.29 is 14.0 Å². The third-order valence-corrected chi connectivity index (χ3v) is 6.53. The van der Waals surface area contributed by atoms with Gasteiger partial charge in [0.05, 0.1) is 17.9 Å². The highest BCUT2D eigenvalue weighted by Gasteiger charge is 2.20. The van der Waals surface area contributed by atoms with Crippen LogP contribution in [-0.4, -0.2) is 39.6 Å². The van der Waals surface area contributed by atoms with Crippen LogP contribution < -0.4 is 5.32 Å². The van der Waals surface area contributed by atoms with Crippen molar-refractivity contribution in [1.82, 2.24) is 14.7 Å². The van der Waals surface area contributed by atoms with Crippen LogP contribution in [0.1, 0.15) is 72.1 Å². The van der Waals surface area contributed by atoms with Crippen LogP contribution in [0.15, 0.2) is 60.7 Å². The molecule has 0 bridgehead atoms. The van der Waals surface area contributed by atoms with Gasteiger partial charge in [0, 0.05) is 24.6 Å². The van der Waals surface area contributed by atoms with E-state index in [-0.39, 0.29) is 24.2 Å². The summed E-state index contributed by atoms with van der Waals surface area (Å²) in [4.78, 5) is 27.9. The van der Waals surface area contributed by atoms with Crippen LogP contribution in [-0.2, 0) is 9.59 Å². The van der Waals surface area contributed by atoms with E-state index in [4.69, 9.17) is 0 Å². The summed E-state index contributed by atoms with van der Waals surface area (Å²) in [5.41, 5.74) is 2.21. The maximum absolute atomic E-state index is 13.6. The van der Waals surface area contributed by atoms with Gasteiger partial charge in [-0.1, -0.05) is 83.2 Å². The van der Waals surface area contributed by atoms with Crippen molar-refractivity contribution in [2.24, 2.45) is 5.92 Å². The molecule has 0 atom stereocenters. The molecule has 0 aliphatic heterocycles. The van der Waals surface area contributed by atoms with Crippen molar-refractivity contribution in [3.63, 3.8) is 0 Å². The molecule has 2 aromatic carbocycles. The molecule has 2 amide bonds. The van der Waals surface area contributed by atoms with Gasteiger partial charge in [-0.15, -0.1) is 0 Å². The molecule has 0 aliphatic carbocycles. The number of unbranched alkanes of at least 4 members (excludes halogenated alkanes) is 5. The highest BCUT2D eigenvalue weighted by atomic mass is 19.1. The summed E-state index contributed by atoms with van der Waals surface area (Å²) in [6.45, 7) is 6.95. The third-order valence-electron chi connectivity index (χ3n) is 6.53. The number of hydrogen-bond acceptors (Lipinski definition) is 3. The minimum absolute atomic E-state index is 0.0172. The van der Waals surface area contributed by atoms with Crippen molar-refractivity contribution in [3.8, 4) is 16.9 Å². The predicted octanol–water partition coefficient (Wildman–Crippen LogP) is 7.24. The Morgan fingerprint density at radius 2 is 1.66 bits per heavy atom. The molecule has 38 heavy (non-hydrogen) atoms. The average molecular weight is 521 g/mol. The first-order valence-corrected chi connectivity index (χ1v) is 13.9. The number of anilines is 1. The fourth-order valence-corrected chi connectivity index (χ4v) is 4.28. The molecule has 1 N–H and O–H groups in total. The molecule has 3 aromatic rings. The Morgan fingerprint density at radius 3 is 2.34 bits per heavy atom. The minimum Gasteiger partial charge on any atom is -0.333 e. The number of hydrogen-bond donors (Lipinski definition) is 1. The highest BCUT2D eigenvalue weighted by molar-refractivity contribution is 5.94. The van der Waals surface area contributed by atoms with E-state index in [1.165, 1.54) is 31.4 Å². The lowest BCUT2D eigenvalue weighted by Gasteiger charge is -2.23. The summed E-state index contributed by atoms with van der Waals surface area (Å²) in [6, 6.07) is 17.4. The minimum atomic E-state index is -0.348. The summed E-state index contributed by atoms with van der Waals surface area (Å²) < 4.78 is 15.2. The lowest BCUT2D eigenvalue weighted by Crippen LogP contribution is -2.39. The van der Waals surface area contributed by atoms with Crippen LogP contribution >= 0.6 is 0 Å². The van der Waals surface area contributed by atoms with Gasteiger partial charge in [0.15, 0.2) is 0 Å². The highest BCUT2D eigenvalue weighted by Crippen LogP contribution is 2.25. The summed E-state index contributed by atoms with van der Waals surface area (Å²) in [5.74, 6) is 0.282. The van der Waals surface area contributed by atoms with E-state index in [0.29, 0.717) is 36.1 Å². The van der Waals surface area contributed by atoms with Crippen molar-refractivity contribution in [3.05, 3.63) is 66.5 Å². The Morgan fingerprint density at radius 1 is 0.974 bits per heavy atom. The molecule has 1 aromatic heterocycles. The lowest BCUT2D eigenvalue weighted by molar-refractivity contribution is -0.135. The molecule has 1 heterocycles. The Bertz CT molecular complexity index is 1140. The predicted molar refractivity (Wildman–Crippen MR) is 152 cm³/mol. The van der Waals surface area contributed by atoms with E-state index in [0.717, 1.165) is 31.2 Å². The van der Waals surface area contributed by atoms with Crippen molar-refractivity contribution in [2.45, 2.75) is 72.1 Å². The van der Waals surface area contributed by atoms with Crippen molar-refractivity contribution in [1.29, 1.82) is 0 Å². The molecule has 0 saturated heterocycles. The van der Waals surface area contributed by atoms with Crippen LogP contribution in [0.4, 0.5) is 10.2 Å². The lowest BCUT2D eigenvalue weighted by atomic mass is 10.1. The molecular formula is C31H41FN4O2. The molecule has 0 saturated carbocycles. The van der Waals surface area contributed by atoms with Crippen LogP contribution in [0, 0.1) is 11.7 Å². The molecule has 6 nitrogen and oxygen atoms in total. The molecule has 0 aliphatic rings. The van der Waals surface area contributed by atoms with Crippen LogP contribution in [0.25, 0.3) is 16.9 Å². The second-order valence-corrected chi connectivity index (χ2v) is 10.2. The number of aromatic nitrogens is 2. The third kappa shape index (κ3) is 9.12. The quantitative estimate of drug-likeness (QED) is 0.215. The van der Waals surface area contributed by atoms with Gasteiger partial charge in [-0.05, 0) is 43.0 Å². The maximum Gasteiger partial charge on any atom is 0.245 e. The molecule has 0 unspecified atom stereocenters. The molecule has 3 rings (SSSR count).